The van der Waals surface area contributed by atoms with E-state index in [1.165, 1.54) is 30.4 Å². The summed E-state index contributed by atoms with van der Waals surface area (Å²) in [5, 5.41) is 3.13. The number of likely N-dealkylation sites (tertiary alicyclic amines) is 1. The summed E-state index contributed by atoms with van der Waals surface area (Å²) >= 11 is 0. The molecule has 4 rings (SSSR count). The standard InChI is InChI=1S/C24H28N2O2/c1-17(20-12-11-19-7-2-3-8-21(19)15-20)25-24(28)22-9-4-6-18(14-22)16-26-13-5-10-23(26)27/h4,6,9,11-12,14-15,17H,2-3,5,7-8,10,13,16H2,1H3,(H,25,28). The topological polar surface area (TPSA) is 49.4 Å². The summed E-state index contributed by atoms with van der Waals surface area (Å²) in [6.45, 7) is 3.43. The molecule has 28 heavy (non-hydrogen) atoms. The number of rotatable bonds is 5. The molecule has 2 aromatic carbocycles. The van der Waals surface area contributed by atoms with Crippen LogP contribution in [0.4, 0.5) is 0 Å². The van der Waals surface area contributed by atoms with Gasteiger partial charge in [0.05, 0.1) is 6.04 Å². The molecule has 0 bridgehead atoms. The second-order valence-electron chi connectivity index (χ2n) is 8.05. The van der Waals surface area contributed by atoms with Crippen LogP contribution in [-0.4, -0.2) is 23.3 Å². The van der Waals surface area contributed by atoms with Gasteiger partial charge in [-0.15, -0.1) is 0 Å². The Morgan fingerprint density at radius 3 is 2.64 bits per heavy atom. The maximum Gasteiger partial charge on any atom is 0.251 e. The highest BCUT2D eigenvalue weighted by molar-refractivity contribution is 5.94. The van der Waals surface area contributed by atoms with Crippen LogP contribution in [0.25, 0.3) is 0 Å². The lowest BCUT2D eigenvalue weighted by atomic mass is 9.89. The van der Waals surface area contributed by atoms with E-state index in [9.17, 15) is 9.59 Å². The molecule has 4 nitrogen and oxygen atoms in total. The molecule has 4 heteroatoms. The van der Waals surface area contributed by atoms with E-state index in [0.717, 1.165) is 30.5 Å². The molecule has 2 aliphatic rings. The molecule has 0 radical (unpaired) electrons. The van der Waals surface area contributed by atoms with E-state index in [-0.39, 0.29) is 17.9 Å². The summed E-state index contributed by atoms with van der Waals surface area (Å²) in [6, 6.07) is 14.2. The Morgan fingerprint density at radius 2 is 1.86 bits per heavy atom. The van der Waals surface area contributed by atoms with Crippen molar-refractivity contribution in [2.24, 2.45) is 0 Å². The zero-order chi connectivity index (χ0) is 19.5. The summed E-state index contributed by atoms with van der Waals surface area (Å²) in [5.41, 5.74) is 5.70. The van der Waals surface area contributed by atoms with Crippen molar-refractivity contribution in [3.8, 4) is 0 Å². The van der Waals surface area contributed by atoms with Gasteiger partial charge in [0, 0.05) is 25.1 Å². The molecule has 1 heterocycles. The molecule has 1 aliphatic heterocycles. The second kappa shape index (κ2) is 8.17. The van der Waals surface area contributed by atoms with Crippen molar-refractivity contribution in [1.29, 1.82) is 0 Å². The monoisotopic (exact) mass is 376 g/mol. The summed E-state index contributed by atoms with van der Waals surface area (Å²) in [4.78, 5) is 26.5. The Hall–Kier alpha value is -2.62. The zero-order valence-corrected chi connectivity index (χ0v) is 16.5. The predicted octanol–water partition coefficient (Wildman–Crippen LogP) is 4.18. The number of carbonyl (C=O) groups is 2. The van der Waals surface area contributed by atoms with E-state index in [4.69, 9.17) is 0 Å². The van der Waals surface area contributed by atoms with Gasteiger partial charge in [0.15, 0.2) is 0 Å². The Kier molecular flexibility index (Phi) is 5.47. The van der Waals surface area contributed by atoms with Gasteiger partial charge in [-0.2, -0.15) is 0 Å². The van der Waals surface area contributed by atoms with Crippen molar-refractivity contribution in [3.63, 3.8) is 0 Å². The molecule has 0 aromatic heterocycles. The Bertz CT molecular complexity index is 890. The van der Waals surface area contributed by atoms with Crippen molar-refractivity contribution in [1.82, 2.24) is 10.2 Å². The van der Waals surface area contributed by atoms with Gasteiger partial charge in [-0.05, 0) is 73.4 Å². The van der Waals surface area contributed by atoms with Crippen molar-refractivity contribution >= 4 is 11.8 Å². The van der Waals surface area contributed by atoms with Crippen LogP contribution >= 0.6 is 0 Å². The molecule has 146 valence electrons. The van der Waals surface area contributed by atoms with Crippen LogP contribution in [0.5, 0.6) is 0 Å². The average Bonchev–Trinajstić information content (AvgIpc) is 3.12. The van der Waals surface area contributed by atoms with Gasteiger partial charge in [-0.3, -0.25) is 9.59 Å². The van der Waals surface area contributed by atoms with Crippen LogP contribution in [0.15, 0.2) is 42.5 Å². The molecule has 0 spiro atoms. The number of hydrogen-bond acceptors (Lipinski definition) is 2. The summed E-state index contributed by atoms with van der Waals surface area (Å²) in [7, 11) is 0. The van der Waals surface area contributed by atoms with Crippen LogP contribution < -0.4 is 5.32 Å². The van der Waals surface area contributed by atoms with E-state index in [0.29, 0.717) is 18.5 Å². The van der Waals surface area contributed by atoms with Gasteiger partial charge >= 0.3 is 0 Å². The number of nitrogens with zero attached hydrogens (tertiary/aromatic N) is 1. The fourth-order valence-electron chi connectivity index (χ4n) is 4.29. The predicted molar refractivity (Wildman–Crippen MR) is 110 cm³/mol. The first-order valence-electron chi connectivity index (χ1n) is 10.4. The SMILES string of the molecule is CC(NC(=O)c1cccc(CN2CCCC2=O)c1)c1ccc2c(c1)CCCC2. The minimum Gasteiger partial charge on any atom is -0.346 e. The van der Waals surface area contributed by atoms with E-state index < -0.39 is 0 Å². The third kappa shape index (κ3) is 4.11. The molecule has 2 aromatic rings. The summed E-state index contributed by atoms with van der Waals surface area (Å²) in [5.74, 6) is 0.135. The Morgan fingerprint density at radius 1 is 1.04 bits per heavy atom. The number of benzene rings is 2. The highest BCUT2D eigenvalue weighted by Crippen LogP contribution is 2.25. The van der Waals surface area contributed by atoms with Gasteiger partial charge in [0.2, 0.25) is 5.91 Å². The number of aryl methyl sites for hydroxylation is 2. The van der Waals surface area contributed by atoms with Gasteiger partial charge in [0.1, 0.15) is 0 Å². The highest BCUT2D eigenvalue weighted by atomic mass is 16.2. The lowest BCUT2D eigenvalue weighted by molar-refractivity contribution is -0.128. The largest absolute Gasteiger partial charge is 0.346 e. The van der Waals surface area contributed by atoms with Crippen LogP contribution in [0.3, 0.4) is 0 Å². The lowest BCUT2D eigenvalue weighted by Gasteiger charge is -2.20. The van der Waals surface area contributed by atoms with Crippen LogP contribution in [-0.2, 0) is 24.2 Å². The molecule has 2 amide bonds. The summed E-state index contributed by atoms with van der Waals surface area (Å²) < 4.78 is 0. The Balaban J connectivity index is 1.43. The van der Waals surface area contributed by atoms with Gasteiger partial charge in [-0.1, -0.05) is 30.3 Å². The van der Waals surface area contributed by atoms with Crippen molar-refractivity contribution in [3.05, 3.63) is 70.3 Å². The van der Waals surface area contributed by atoms with Gasteiger partial charge < -0.3 is 10.2 Å². The quantitative estimate of drug-likeness (QED) is 0.851. The normalized spacial score (nSPS) is 17.3. The maximum absolute atomic E-state index is 12.8. The second-order valence-corrected chi connectivity index (χ2v) is 8.05. The van der Waals surface area contributed by atoms with E-state index in [2.05, 4.69) is 23.5 Å². The minimum absolute atomic E-state index is 0.0384. The number of fused-ring (bicyclic) bond motifs is 1. The molecule has 1 saturated heterocycles. The lowest BCUT2D eigenvalue weighted by Crippen LogP contribution is -2.27. The molecule has 1 N–H and O–H groups in total. The molecule has 0 saturated carbocycles. The first-order valence-corrected chi connectivity index (χ1v) is 10.4. The number of carbonyl (C=O) groups excluding carboxylic acids is 2. The van der Waals surface area contributed by atoms with Crippen molar-refractivity contribution < 1.29 is 9.59 Å². The highest BCUT2D eigenvalue weighted by Gasteiger charge is 2.20. The summed E-state index contributed by atoms with van der Waals surface area (Å²) in [6.07, 6.45) is 6.40. The van der Waals surface area contributed by atoms with Gasteiger partial charge in [-0.25, -0.2) is 0 Å². The van der Waals surface area contributed by atoms with Crippen LogP contribution in [0, 0.1) is 0 Å². The number of nitrogens with one attached hydrogen (secondary N) is 1. The molecule has 1 aliphatic carbocycles. The van der Waals surface area contributed by atoms with Crippen molar-refractivity contribution in [2.45, 2.75) is 58.0 Å². The smallest absolute Gasteiger partial charge is 0.251 e. The van der Waals surface area contributed by atoms with Gasteiger partial charge in [0.25, 0.3) is 5.91 Å². The van der Waals surface area contributed by atoms with Crippen LogP contribution in [0.2, 0.25) is 0 Å². The molecule has 1 unspecified atom stereocenters. The fraction of sp³-hybridized carbons (Fsp3) is 0.417. The first kappa shape index (κ1) is 18.7. The first-order chi connectivity index (χ1) is 13.6. The molecular formula is C24H28N2O2. The fourth-order valence-corrected chi connectivity index (χ4v) is 4.29. The molecule has 1 fully saturated rings. The third-order valence-corrected chi connectivity index (χ3v) is 5.95. The van der Waals surface area contributed by atoms with E-state index in [1.807, 2.05) is 36.1 Å². The van der Waals surface area contributed by atoms with E-state index >= 15 is 0 Å². The minimum atomic E-state index is -0.0696. The maximum atomic E-state index is 12.8. The Labute approximate surface area is 166 Å². The number of amides is 2. The van der Waals surface area contributed by atoms with Crippen LogP contribution in [0.1, 0.15) is 71.3 Å². The third-order valence-electron chi connectivity index (χ3n) is 5.95. The average molecular weight is 377 g/mol. The molecular weight excluding hydrogens is 348 g/mol. The molecule has 1 atom stereocenters. The zero-order valence-electron chi connectivity index (χ0n) is 16.5. The van der Waals surface area contributed by atoms with E-state index in [1.54, 1.807) is 0 Å². The van der Waals surface area contributed by atoms with Crippen molar-refractivity contribution in [2.75, 3.05) is 6.54 Å². The number of hydrogen-bond donors (Lipinski definition) is 1.